The summed E-state index contributed by atoms with van der Waals surface area (Å²) in [6.45, 7) is 2.87. The summed E-state index contributed by atoms with van der Waals surface area (Å²) in [5, 5.41) is 4.02. The Morgan fingerprint density at radius 3 is 2.78 bits per heavy atom. The largest absolute Gasteiger partial charge is 0.493 e. The fraction of sp³-hybridized carbons (Fsp3) is 0.231. The van der Waals surface area contributed by atoms with Gasteiger partial charge in [-0.25, -0.2) is 0 Å². The van der Waals surface area contributed by atoms with Crippen LogP contribution in [0.1, 0.15) is 9.75 Å². The number of halogens is 2. The fourth-order valence-electron chi connectivity index (χ4n) is 1.66. The molecular formula is C13H13BrClNOS. The van der Waals surface area contributed by atoms with Gasteiger partial charge in [-0.3, -0.25) is 0 Å². The van der Waals surface area contributed by atoms with Gasteiger partial charge in [0.2, 0.25) is 0 Å². The molecule has 0 spiro atoms. The van der Waals surface area contributed by atoms with Crippen LogP contribution in [0.2, 0.25) is 5.02 Å². The van der Waals surface area contributed by atoms with Crippen molar-refractivity contribution < 1.29 is 4.74 Å². The van der Waals surface area contributed by atoms with Crippen molar-refractivity contribution in [2.75, 3.05) is 12.4 Å². The van der Waals surface area contributed by atoms with Crippen LogP contribution < -0.4 is 10.1 Å². The van der Waals surface area contributed by atoms with Crippen molar-refractivity contribution >= 4 is 44.6 Å². The molecule has 2 nitrogen and oxygen atoms in total. The van der Waals surface area contributed by atoms with Crippen molar-refractivity contribution in [2.45, 2.75) is 13.5 Å². The molecule has 1 aromatic carbocycles. The zero-order valence-electron chi connectivity index (χ0n) is 10.1. The summed E-state index contributed by atoms with van der Waals surface area (Å²) < 4.78 is 6.21. The number of hydrogen-bond donors (Lipinski definition) is 1. The van der Waals surface area contributed by atoms with E-state index in [0.29, 0.717) is 5.02 Å². The monoisotopic (exact) mass is 345 g/mol. The van der Waals surface area contributed by atoms with E-state index in [1.807, 2.05) is 12.1 Å². The minimum absolute atomic E-state index is 0.674. The SMILES string of the molecule is COc1c(Br)cc(Cl)cc1NCc1ccc(C)s1. The van der Waals surface area contributed by atoms with Crippen molar-refractivity contribution in [3.8, 4) is 5.75 Å². The first-order valence-electron chi connectivity index (χ1n) is 5.42. The van der Waals surface area contributed by atoms with E-state index in [0.717, 1.165) is 22.5 Å². The molecule has 18 heavy (non-hydrogen) atoms. The van der Waals surface area contributed by atoms with Crippen LogP contribution in [0, 0.1) is 6.92 Å². The molecule has 0 fully saturated rings. The van der Waals surface area contributed by atoms with Crippen molar-refractivity contribution in [3.05, 3.63) is 43.5 Å². The van der Waals surface area contributed by atoms with E-state index < -0.39 is 0 Å². The van der Waals surface area contributed by atoms with Gasteiger partial charge in [-0.1, -0.05) is 11.6 Å². The predicted molar refractivity (Wildman–Crippen MR) is 82.1 cm³/mol. The molecule has 0 aliphatic heterocycles. The Morgan fingerprint density at radius 1 is 1.39 bits per heavy atom. The first-order valence-corrected chi connectivity index (χ1v) is 7.41. The number of thiophene rings is 1. The number of rotatable bonds is 4. The van der Waals surface area contributed by atoms with E-state index in [2.05, 4.69) is 40.3 Å². The van der Waals surface area contributed by atoms with Crippen LogP contribution in [0.5, 0.6) is 5.75 Å². The van der Waals surface area contributed by atoms with Gasteiger partial charge in [0.15, 0.2) is 5.75 Å². The van der Waals surface area contributed by atoms with Crippen LogP contribution in [0.3, 0.4) is 0 Å². The van der Waals surface area contributed by atoms with Gasteiger partial charge < -0.3 is 10.1 Å². The highest BCUT2D eigenvalue weighted by Crippen LogP contribution is 2.36. The molecule has 0 saturated heterocycles. The van der Waals surface area contributed by atoms with Crippen LogP contribution >= 0.6 is 38.9 Å². The molecule has 0 radical (unpaired) electrons. The minimum atomic E-state index is 0.674. The summed E-state index contributed by atoms with van der Waals surface area (Å²) >= 11 is 11.3. The third-order valence-corrected chi connectivity index (χ3v) is 4.27. The number of benzene rings is 1. The summed E-state index contributed by atoms with van der Waals surface area (Å²) in [7, 11) is 1.65. The third kappa shape index (κ3) is 3.19. The normalized spacial score (nSPS) is 10.4. The lowest BCUT2D eigenvalue weighted by molar-refractivity contribution is 0.414. The van der Waals surface area contributed by atoms with Crippen molar-refractivity contribution in [1.29, 1.82) is 0 Å². The van der Waals surface area contributed by atoms with Gasteiger partial charge in [-0.2, -0.15) is 0 Å². The Balaban J connectivity index is 2.18. The Labute approximate surface area is 124 Å². The summed E-state index contributed by atoms with van der Waals surface area (Å²) in [4.78, 5) is 2.59. The van der Waals surface area contributed by atoms with E-state index in [4.69, 9.17) is 16.3 Å². The molecule has 0 saturated carbocycles. The van der Waals surface area contributed by atoms with Crippen LogP contribution in [0.25, 0.3) is 0 Å². The molecule has 1 N–H and O–H groups in total. The molecule has 2 rings (SSSR count). The maximum atomic E-state index is 6.04. The smallest absolute Gasteiger partial charge is 0.156 e. The Hall–Kier alpha value is -0.710. The molecule has 0 bridgehead atoms. The topological polar surface area (TPSA) is 21.3 Å². The van der Waals surface area contributed by atoms with Crippen LogP contribution in [-0.4, -0.2) is 7.11 Å². The highest BCUT2D eigenvalue weighted by Gasteiger charge is 2.09. The van der Waals surface area contributed by atoms with E-state index >= 15 is 0 Å². The molecule has 0 aliphatic rings. The molecule has 0 atom stereocenters. The molecule has 96 valence electrons. The lowest BCUT2D eigenvalue weighted by Gasteiger charge is -2.12. The lowest BCUT2D eigenvalue weighted by atomic mass is 10.3. The second-order valence-corrected chi connectivity index (χ2v) is 6.50. The lowest BCUT2D eigenvalue weighted by Crippen LogP contribution is -2.00. The van der Waals surface area contributed by atoms with Crippen molar-refractivity contribution in [1.82, 2.24) is 0 Å². The number of methoxy groups -OCH3 is 1. The molecule has 0 amide bonds. The molecule has 0 unspecified atom stereocenters. The van der Waals surface area contributed by atoms with Crippen molar-refractivity contribution in [2.24, 2.45) is 0 Å². The summed E-state index contributed by atoms with van der Waals surface area (Å²) in [6.07, 6.45) is 0. The number of ether oxygens (including phenoxy) is 1. The summed E-state index contributed by atoms with van der Waals surface area (Å²) in [5.74, 6) is 0.771. The van der Waals surface area contributed by atoms with Gasteiger partial charge in [0, 0.05) is 21.3 Å². The fourth-order valence-corrected chi connectivity index (χ4v) is 3.46. The zero-order chi connectivity index (χ0) is 13.1. The Morgan fingerprint density at radius 2 is 2.17 bits per heavy atom. The molecule has 0 aliphatic carbocycles. The molecule has 2 aromatic rings. The number of aryl methyl sites for hydroxylation is 1. The van der Waals surface area contributed by atoms with Gasteiger partial charge in [0.1, 0.15) is 0 Å². The van der Waals surface area contributed by atoms with Gasteiger partial charge in [-0.05, 0) is 47.1 Å². The van der Waals surface area contributed by atoms with Crippen LogP contribution in [0.15, 0.2) is 28.7 Å². The van der Waals surface area contributed by atoms with Crippen LogP contribution in [0.4, 0.5) is 5.69 Å². The quantitative estimate of drug-likeness (QED) is 0.832. The zero-order valence-corrected chi connectivity index (χ0v) is 13.2. The molecule has 1 heterocycles. The van der Waals surface area contributed by atoms with Gasteiger partial charge in [-0.15, -0.1) is 11.3 Å². The Kier molecular flexibility index (Phi) is 4.54. The minimum Gasteiger partial charge on any atom is -0.493 e. The highest BCUT2D eigenvalue weighted by molar-refractivity contribution is 9.10. The molecule has 5 heteroatoms. The number of anilines is 1. The average Bonchev–Trinajstić information content (AvgIpc) is 2.72. The van der Waals surface area contributed by atoms with Crippen molar-refractivity contribution in [3.63, 3.8) is 0 Å². The third-order valence-electron chi connectivity index (χ3n) is 2.46. The van der Waals surface area contributed by atoms with E-state index in [-0.39, 0.29) is 0 Å². The van der Waals surface area contributed by atoms with E-state index in [1.165, 1.54) is 9.75 Å². The summed E-state index contributed by atoms with van der Waals surface area (Å²) in [6, 6.07) is 7.93. The molecular weight excluding hydrogens is 334 g/mol. The van der Waals surface area contributed by atoms with E-state index in [1.54, 1.807) is 18.4 Å². The standard InChI is InChI=1S/C13H13BrClNOS/c1-8-3-4-10(18-8)7-16-12-6-9(15)5-11(14)13(12)17-2/h3-6,16H,7H2,1-2H3. The van der Waals surface area contributed by atoms with Gasteiger partial charge >= 0.3 is 0 Å². The van der Waals surface area contributed by atoms with E-state index in [9.17, 15) is 0 Å². The first kappa shape index (κ1) is 13.7. The summed E-state index contributed by atoms with van der Waals surface area (Å²) in [5.41, 5.74) is 0.892. The van der Waals surface area contributed by atoms with Crippen LogP contribution in [-0.2, 0) is 6.54 Å². The number of nitrogens with one attached hydrogen (secondary N) is 1. The van der Waals surface area contributed by atoms with Gasteiger partial charge in [0.25, 0.3) is 0 Å². The maximum Gasteiger partial charge on any atom is 0.156 e. The number of hydrogen-bond acceptors (Lipinski definition) is 3. The second kappa shape index (κ2) is 5.95. The first-order chi connectivity index (χ1) is 8.60. The average molecular weight is 347 g/mol. The second-order valence-electron chi connectivity index (χ2n) is 3.83. The van der Waals surface area contributed by atoms with Gasteiger partial charge in [0.05, 0.1) is 17.3 Å². The molecule has 1 aromatic heterocycles. The predicted octanol–water partition coefficient (Wildman–Crippen LogP) is 5.09. The Bertz CT molecular complexity index is 556. The maximum absolute atomic E-state index is 6.04. The highest BCUT2D eigenvalue weighted by atomic mass is 79.9.